The minimum Gasteiger partial charge on any atom is -0.389 e. The number of aryl methyl sites for hydroxylation is 1. The minimum absolute atomic E-state index is 0.152. The average molecular weight is 316 g/mol. The molecule has 1 heterocycles. The van der Waals surface area contributed by atoms with Crippen LogP contribution < -0.4 is 5.32 Å². The summed E-state index contributed by atoms with van der Waals surface area (Å²) in [5.74, 6) is 0.179. The van der Waals surface area contributed by atoms with Gasteiger partial charge in [-0.15, -0.1) is 0 Å². The molecule has 0 saturated heterocycles. The van der Waals surface area contributed by atoms with Gasteiger partial charge in [0, 0.05) is 24.2 Å². The number of aliphatic hydroxyl groups is 1. The largest absolute Gasteiger partial charge is 0.389 e. The van der Waals surface area contributed by atoms with Crippen molar-refractivity contribution in [3.8, 4) is 0 Å². The molecule has 124 valence electrons. The first-order valence-electron chi connectivity index (χ1n) is 7.87. The fourth-order valence-corrected chi connectivity index (χ4v) is 2.23. The zero-order valence-corrected chi connectivity index (χ0v) is 13.9. The molecule has 0 saturated carbocycles. The van der Waals surface area contributed by atoms with Crippen molar-refractivity contribution < 1.29 is 14.6 Å². The lowest BCUT2D eigenvalue weighted by molar-refractivity contribution is 0.0259. The fraction of sp³-hybridized carbons (Fsp3) is 0.444. The number of aliphatic hydroxyl groups excluding tert-OH is 1. The van der Waals surface area contributed by atoms with Crippen molar-refractivity contribution in [1.82, 2.24) is 10.3 Å². The van der Waals surface area contributed by atoms with Crippen LogP contribution in [0.25, 0.3) is 10.9 Å². The minimum atomic E-state index is -0.720. The van der Waals surface area contributed by atoms with Gasteiger partial charge in [-0.1, -0.05) is 32.0 Å². The number of ether oxygens (including phenoxy) is 1. The van der Waals surface area contributed by atoms with Crippen molar-refractivity contribution in [2.45, 2.75) is 26.9 Å². The first kappa shape index (κ1) is 17.4. The molecule has 2 rings (SSSR count). The summed E-state index contributed by atoms with van der Waals surface area (Å²) in [7, 11) is 0. The van der Waals surface area contributed by atoms with E-state index in [1.807, 2.05) is 45.0 Å². The van der Waals surface area contributed by atoms with Gasteiger partial charge in [0.15, 0.2) is 0 Å². The van der Waals surface area contributed by atoms with Gasteiger partial charge >= 0.3 is 0 Å². The maximum absolute atomic E-state index is 12.4. The average Bonchev–Trinajstić information content (AvgIpc) is 2.51. The van der Waals surface area contributed by atoms with Gasteiger partial charge in [0.1, 0.15) is 0 Å². The number of fused-ring (bicyclic) bond motifs is 1. The van der Waals surface area contributed by atoms with E-state index in [0.717, 1.165) is 11.1 Å². The van der Waals surface area contributed by atoms with Crippen molar-refractivity contribution in [2.75, 3.05) is 19.8 Å². The number of pyridine rings is 1. The van der Waals surface area contributed by atoms with Gasteiger partial charge in [0.05, 0.1) is 23.8 Å². The number of hydrogen-bond donors (Lipinski definition) is 2. The summed E-state index contributed by atoms with van der Waals surface area (Å²) in [6, 6.07) is 9.36. The smallest absolute Gasteiger partial charge is 0.253 e. The first-order chi connectivity index (χ1) is 11.0. The zero-order valence-electron chi connectivity index (χ0n) is 13.9. The van der Waals surface area contributed by atoms with Gasteiger partial charge in [-0.25, -0.2) is 0 Å². The standard InChI is InChI=1S/C18H24N2O3/c1-12(2)10-23-11-15(21)9-19-18(22)16-6-4-5-14-8-7-13(3)20-17(14)16/h4-8,12,15,21H,9-11H2,1-3H3,(H,19,22). The molecule has 1 atom stereocenters. The monoisotopic (exact) mass is 316 g/mol. The summed E-state index contributed by atoms with van der Waals surface area (Å²) in [6.45, 7) is 6.94. The lowest BCUT2D eigenvalue weighted by atomic mass is 10.1. The highest BCUT2D eigenvalue weighted by atomic mass is 16.5. The second kappa shape index (κ2) is 8.04. The van der Waals surface area contributed by atoms with Crippen molar-refractivity contribution in [2.24, 2.45) is 5.92 Å². The van der Waals surface area contributed by atoms with Crippen LogP contribution in [0, 0.1) is 12.8 Å². The molecule has 1 aromatic carbocycles. The van der Waals surface area contributed by atoms with Gasteiger partial charge in [-0.3, -0.25) is 9.78 Å². The van der Waals surface area contributed by atoms with Crippen LogP contribution in [0.15, 0.2) is 30.3 Å². The van der Waals surface area contributed by atoms with Crippen LogP contribution in [0.4, 0.5) is 0 Å². The highest BCUT2D eigenvalue weighted by molar-refractivity contribution is 6.05. The van der Waals surface area contributed by atoms with Crippen LogP contribution in [0.3, 0.4) is 0 Å². The van der Waals surface area contributed by atoms with E-state index >= 15 is 0 Å². The molecule has 1 unspecified atom stereocenters. The van der Waals surface area contributed by atoms with E-state index < -0.39 is 6.10 Å². The third kappa shape index (κ3) is 5.01. The predicted molar refractivity (Wildman–Crippen MR) is 90.5 cm³/mol. The molecular formula is C18H24N2O3. The fourth-order valence-electron chi connectivity index (χ4n) is 2.23. The molecule has 1 aromatic heterocycles. The van der Waals surface area contributed by atoms with Crippen molar-refractivity contribution in [3.05, 3.63) is 41.6 Å². The van der Waals surface area contributed by atoms with Crippen molar-refractivity contribution in [3.63, 3.8) is 0 Å². The van der Waals surface area contributed by atoms with Crippen LogP contribution in [-0.4, -0.2) is 41.9 Å². The molecule has 1 amide bonds. The Morgan fingerprint density at radius 2 is 2.04 bits per heavy atom. The summed E-state index contributed by atoms with van der Waals surface area (Å²) >= 11 is 0. The highest BCUT2D eigenvalue weighted by Gasteiger charge is 2.13. The topological polar surface area (TPSA) is 71.5 Å². The van der Waals surface area contributed by atoms with E-state index in [1.165, 1.54) is 0 Å². The van der Waals surface area contributed by atoms with E-state index in [-0.39, 0.29) is 19.1 Å². The number of carbonyl (C=O) groups excluding carboxylic acids is 1. The van der Waals surface area contributed by atoms with Gasteiger partial charge in [0.2, 0.25) is 0 Å². The van der Waals surface area contributed by atoms with Gasteiger partial charge in [0.25, 0.3) is 5.91 Å². The van der Waals surface area contributed by atoms with Crippen molar-refractivity contribution in [1.29, 1.82) is 0 Å². The van der Waals surface area contributed by atoms with Crippen LogP contribution >= 0.6 is 0 Å². The van der Waals surface area contributed by atoms with E-state index in [9.17, 15) is 9.90 Å². The number of para-hydroxylation sites is 1. The summed E-state index contributed by atoms with van der Waals surface area (Å²) in [6.07, 6.45) is -0.720. The van der Waals surface area contributed by atoms with Crippen LogP contribution in [0.1, 0.15) is 29.9 Å². The number of aromatic nitrogens is 1. The molecule has 0 bridgehead atoms. The molecule has 5 nitrogen and oxygen atoms in total. The Bertz CT molecular complexity index is 670. The number of amides is 1. The van der Waals surface area contributed by atoms with Gasteiger partial charge < -0.3 is 15.2 Å². The van der Waals surface area contributed by atoms with Crippen LogP contribution in [0.5, 0.6) is 0 Å². The normalized spacial score (nSPS) is 12.6. The molecule has 0 radical (unpaired) electrons. The number of benzene rings is 1. The SMILES string of the molecule is Cc1ccc2cccc(C(=O)NCC(O)COCC(C)C)c2n1. The van der Waals surface area contributed by atoms with Crippen LogP contribution in [-0.2, 0) is 4.74 Å². The summed E-state index contributed by atoms with van der Waals surface area (Å²) in [4.78, 5) is 16.8. The summed E-state index contributed by atoms with van der Waals surface area (Å²) < 4.78 is 5.37. The molecule has 5 heteroatoms. The Balaban J connectivity index is 1.97. The first-order valence-corrected chi connectivity index (χ1v) is 7.87. The number of nitrogens with zero attached hydrogens (tertiary/aromatic N) is 1. The number of nitrogens with one attached hydrogen (secondary N) is 1. The van der Waals surface area contributed by atoms with E-state index in [2.05, 4.69) is 10.3 Å². The summed E-state index contributed by atoms with van der Waals surface area (Å²) in [5.41, 5.74) is 2.05. The van der Waals surface area contributed by atoms with Gasteiger partial charge in [-0.2, -0.15) is 0 Å². The molecule has 0 spiro atoms. The summed E-state index contributed by atoms with van der Waals surface area (Å²) in [5, 5.41) is 13.5. The molecule has 23 heavy (non-hydrogen) atoms. The second-order valence-corrected chi connectivity index (χ2v) is 6.13. The Morgan fingerprint density at radius 3 is 2.78 bits per heavy atom. The van der Waals surface area contributed by atoms with Crippen LogP contribution in [0.2, 0.25) is 0 Å². The third-order valence-corrected chi connectivity index (χ3v) is 3.36. The van der Waals surface area contributed by atoms with E-state index in [0.29, 0.717) is 23.6 Å². The maximum atomic E-state index is 12.4. The molecule has 2 N–H and O–H groups in total. The molecule has 0 aliphatic rings. The lowest BCUT2D eigenvalue weighted by Gasteiger charge is -2.14. The lowest BCUT2D eigenvalue weighted by Crippen LogP contribution is -2.35. The zero-order chi connectivity index (χ0) is 16.8. The Morgan fingerprint density at radius 1 is 1.26 bits per heavy atom. The number of hydrogen-bond acceptors (Lipinski definition) is 4. The third-order valence-electron chi connectivity index (χ3n) is 3.36. The number of rotatable bonds is 7. The van der Waals surface area contributed by atoms with Gasteiger partial charge in [-0.05, 0) is 25.0 Å². The molecule has 0 aliphatic heterocycles. The van der Waals surface area contributed by atoms with E-state index in [1.54, 1.807) is 6.07 Å². The Hall–Kier alpha value is -1.98. The molecule has 0 fully saturated rings. The Labute approximate surface area is 136 Å². The molecule has 2 aromatic rings. The Kier molecular flexibility index (Phi) is 6.07. The van der Waals surface area contributed by atoms with Crippen molar-refractivity contribution >= 4 is 16.8 Å². The number of carbonyl (C=O) groups is 1. The predicted octanol–water partition coefficient (Wildman–Crippen LogP) is 2.31. The molecular weight excluding hydrogens is 292 g/mol. The second-order valence-electron chi connectivity index (χ2n) is 6.13. The quantitative estimate of drug-likeness (QED) is 0.822. The highest BCUT2D eigenvalue weighted by Crippen LogP contribution is 2.17. The van der Waals surface area contributed by atoms with E-state index in [4.69, 9.17) is 4.74 Å². The molecule has 0 aliphatic carbocycles. The maximum Gasteiger partial charge on any atom is 0.253 e.